The Morgan fingerprint density at radius 3 is 1.91 bits per heavy atom. The van der Waals surface area contributed by atoms with Gasteiger partial charge in [0.15, 0.2) is 0 Å². The van der Waals surface area contributed by atoms with E-state index in [0.29, 0.717) is 0 Å². The van der Waals surface area contributed by atoms with Gasteiger partial charge in [-0.3, -0.25) is 0 Å². The van der Waals surface area contributed by atoms with Crippen molar-refractivity contribution in [2.24, 2.45) is 0 Å². The fourth-order valence-electron chi connectivity index (χ4n) is 2.83. The highest BCUT2D eigenvalue weighted by atomic mass is 16.5. The predicted molar refractivity (Wildman–Crippen MR) is 95.7 cm³/mol. The van der Waals surface area contributed by atoms with Crippen molar-refractivity contribution >= 4 is 11.5 Å². The average molecular weight is 308 g/mol. The third-order valence-corrected chi connectivity index (χ3v) is 4.46. The fourth-order valence-corrected chi connectivity index (χ4v) is 2.83. The van der Waals surface area contributed by atoms with Gasteiger partial charge >= 0.3 is 5.97 Å². The monoisotopic (exact) mass is 308 g/mol. The summed E-state index contributed by atoms with van der Waals surface area (Å²) in [4.78, 5) is 11.9. The van der Waals surface area contributed by atoms with E-state index >= 15 is 0 Å². The van der Waals surface area contributed by atoms with E-state index in [1.807, 2.05) is 0 Å². The highest BCUT2D eigenvalue weighted by Gasteiger charge is 2.16. The predicted octanol–water partition coefficient (Wildman–Crippen LogP) is 4.83. The molecule has 0 amide bonds. The second-order valence-electron chi connectivity index (χ2n) is 6.08. The summed E-state index contributed by atoms with van der Waals surface area (Å²) in [5, 5.41) is 0. The molecule has 0 saturated heterocycles. The molecule has 0 aliphatic carbocycles. The molecule has 0 heterocycles. The van der Waals surface area contributed by atoms with Gasteiger partial charge in [0.2, 0.25) is 0 Å². The van der Waals surface area contributed by atoms with E-state index in [-0.39, 0.29) is 5.97 Å². The van der Waals surface area contributed by atoms with Crippen LogP contribution in [0.2, 0.25) is 0 Å². The first-order valence-corrected chi connectivity index (χ1v) is 7.79. The Hall–Kier alpha value is -2.35. The van der Waals surface area contributed by atoms with Crippen LogP contribution in [-0.2, 0) is 9.53 Å². The number of carbonyl (C=O) groups is 1. The maximum absolute atomic E-state index is 11.9. The number of benzene rings is 2. The van der Waals surface area contributed by atoms with E-state index in [1.165, 1.54) is 34.9 Å². The van der Waals surface area contributed by atoms with Crippen molar-refractivity contribution in [1.82, 2.24) is 0 Å². The third-order valence-electron chi connectivity index (χ3n) is 4.46. The van der Waals surface area contributed by atoms with Crippen molar-refractivity contribution in [3.63, 3.8) is 0 Å². The molecule has 0 atom stereocenters. The van der Waals surface area contributed by atoms with Crippen molar-refractivity contribution < 1.29 is 9.53 Å². The summed E-state index contributed by atoms with van der Waals surface area (Å²) in [6.07, 6.45) is 1.60. The molecule has 0 aromatic heterocycles. The smallest absolute Gasteiger partial charge is 0.331 e. The van der Waals surface area contributed by atoms with Gasteiger partial charge in [0, 0.05) is 6.08 Å². The van der Waals surface area contributed by atoms with Crippen molar-refractivity contribution in [1.29, 1.82) is 0 Å². The second-order valence-corrected chi connectivity index (χ2v) is 6.08. The van der Waals surface area contributed by atoms with Gasteiger partial charge in [0.1, 0.15) is 0 Å². The molecule has 0 bridgehead atoms. The molecule has 23 heavy (non-hydrogen) atoms. The standard InChI is InChI=1S/C21H24O2/c1-13-7-9-18(10-8-13)19(12-20(22)23-6)21-16(4)14(2)11-15(3)17(21)5/h7-12H,1-6H3/b19-12-. The number of hydrogen-bond donors (Lipinski definition) is 0. The number of carbonyl (C=O) groups excluding carboxylic acids is 1. The lowest BCUT2D eigenvalue weighted by Gasteiger charge is -2.18. The maximum Gasteiger partial charge on any atom is 0.331 e. The van der Waals surface area contributed by atoms with Crippen LogP contribution in [0, 0.1) is 34.6 Å². The molecule has 2 nitrogen and oxygen atoms in total. The molecule has 2 heteroatoms. The van der Waals surface area contributed by atoms with Gasteiger partial charge in [-0.1, -0.05) is 35.9 Å². The van der Waals surface area contributed by atoms with E-state index in [2.05, 4.69) is 65.0 Å². The Morgan fingerprint density at radius 1 is 0.913 bits per heavy atom. The Kier molecular flexibility index (Phi) is 5.05. The maximum atomic E-state index is 11.9. The number of esters is 1. The second kappa shape index (κ2) is 6.82. The zero-order valence-electron chi connectivity index (χ0n) is 14.8. The van der Waals surface area contributed by atoms with Crippen LogP contribution in [0.3, 0.4) is 0 Å². The highest BCUT2D eigenvalue weighted by Crippen LogP contribution is 2.32. The van der Waals surface area contributed by atoms with Crippen molar-refractivity contribution in [2.75, 3.05) is 7.11 Å². The molecule has 2 rings (SSSR count). The van der Waals surface area contributed by atoms with Crippen LogP contribution in [0.15, 0.2) is 36.4 Å². The van der Waals surface area contributed by atoms with Gasteiger partial charge in [-0.15, -0.1) is 0 Å². The van der Waals surface area contributed by atoms with Crippen LogP contribution >= 0.6 is 0 Å². The first-order valence-electron chi connectivity index (χ1n) is 7.79. The summed E-state index contributed by atoms with van der Waals surface area (Å²) in [5.41, 5.74) is 9.11. The van der Waals surface area contributed by atoms with Gasteiger partial charge < -0.3 is 4.74 Å². The lowest BCUT2D eigenvalue weighted by molar-refractivity contribution is -0.134. The molecule has 0 aliphatic heterocycles. The largest absolute Gasteiger partial charge is 0.466 e. The van der Waals surface area contributed by atoms with Crippen LogP contribution in [0.25, 0.3) is 5.57 Å². The Balaban J connectivity index is 2.76. The Morgan fingerprint density at radius 2 is 1.43 bits per heavy atom. The van der Waals surface area contributed by atoms with Crippen LogP contribution < -0.4 is 0 Å². The number of aryl methyl sites for hydroxylation is 3. The molecule has 2 aromatic rings. The van der Waals surface area contributed by atoms with Crippen LogP contribution in [0.4, 0.5) is 0 Å². The molecule has 0 radical (unpaired) electrons. The lowest BCUT2D eigenvalue weighted by atomic mass is 9.86. The summed E-state index contributed by atoms with van der Waals surface area (Å²) in [5.74, 6) is -0.335. The zero-order valence-corrected chi connectivity index (χ0v) is 14.8. The van der Waals surface area contributed by atoms with E-state index in [4.69, 9.17) is 4.74 Å². The van der Waals surface area contributed by atoms with Crippen molar-refractivity contribution in [3.05, 3.63) is 75.4 Å². The van der Waals surface area contributed by atoms with Gasteiger partial charge in [0.25, 0.3) is 0 Å². The lowest BCUT2D eigenvalue weighted by Crippen LogP contribution is -2.04. The molecule has 0 fully saturated rings. The summed E-state index contributed by atoms with van der Waals surface area (Å²) in [6.45, 7) is 10.5. The molecule has 0 saturated carbocycles. The number of methoxy groups -OCH3 is 1. The first kappa shape index (κ1) is 17.0. The fraction of sp³-hybridized carbons (Fsp3) is 0.286. The van der Waals surface area contributed by atoms with Gasteiger partial charge in [-0.05, 0) is 73.6 Å². The van der Waals surface area contributed by atoms with Gasteiger partial charge in [-0.2, -0.15) is 0 Å². The molecule has 0 unspecified atom stereocenters. The first-order chi connectivity index (χ1) is 10.8. The summed E-state index contributed by atoms with van der Waals surface area (Å²) in [7, 11) is 1.41. The zero-order chi connectivity index (χ0) is 17.1. The summed E-state index contributed by atoms with van der Waals surface area (Å²) in [6, 6.07) is 10.4. The minimum atomic E-state index is -0.335. The normalized spacial score (nSPS) is 11.5. The van der Waals surface area contributed by atoms with E-state index < -0.39 is 0 Å². The van der Waals surface area contributed by atoms with Crippen LogP contribution in [-0.4, -0.2) is 13.1 Å². The SMILES string of the molecule is COC(=O)/C=C(/c1ccc(C)cc1)c1c(C)c(C)cc(C)c1C. The van der Waals surface area contributed by atoms with Crippen molar-refractivity contribution in [2.45, 2.75) is 34.6 Å². The Bertz CT molecular complexity index is 739. The van der Waals surface area contributed by atoms with Gasteiger partial charge in [-0.25, -0.2) is 4.79 Å². The molecule has 2 aromatic carbocycles. The quantitative estimate of drug-likeness (QED) is 0.599. The Labute approximate surface area is 138 Å². The van der Waals surface area contributed by atoms with Crippen LogP contribution in [0.1, 0.15) is 38.9 Å². The molecular weight excluding hydrogens is 284 g/mol. The minimum absolute atomic E-state index is 0.335. The van der Waals surface area contributed by atoms with Crippen molar-refractivity contribution in [3.8, 4) is 0 Å². The third kappa shape index (κ3) is 3.53. The van der Waals surface area contributed by atoms with E-state index in [0.717, 1.165) is 16.7 Å². The van der Waals surface area contributed by atoms with Gasteiger partial charge in [0.05, 0.1) is 7.11 Å². The number of rotatable bonds is 3. The minimum Gasteiger partial charge on any atom is -0.466 e. The number of hydrogen-bond acceptors (Lipinski definition) is 2. The highest BCUT2D eigenvalue weighted by molar-refractivity contribution is 5.97. The topological polar surface area (TPSA) is 26.3 Å². The number of ether oxygens (including phenoxy) is 1. The van der Waals surface area contributed by atoms with E-state index in [1.54, 1.807) is 6.08 Å². The molecule has 0 N–H and O–H groups in total. The molecular formula is C21H24O2. The summed E-state index contributed by atoms with van der Waals surface area (Å²) >= 11 is 0. The molecule has 0 spiro atoms. The van der Waals surface area contributed by atoms with E-state index in [9.17, 15) is 4.79 Å². The van der Waals surface area contributed by atoms with Crippen LogP contribution in [0.5, 0.6) is 0 Å². The average Bonchev–Trinajstić information content (AvgIpc) is 2.53. The molecule has 0 aliphatic rings. The molecule has 120 valence electrons. The summed E-state index contributed by atoms with van der Waals surface area (Å²) < 4.78 is 4.87.